The van der Waals surface area contributed by atoms with E-state index in [-0.39, 0.29) is 26.5 Å². The Morgan fingerprint density at radius 3 is 2.17 bits per heavy atom. The van der Waals surface area contributed by atoms with Gasteiger partial charge in [-0.15, -0.1) is 16.5 Å². The fourth-order valence-electron chi connectivity index (χ4n) is 8.57. The minimum atomic E-state index is -0.744. The summed E-state index contributed by atoms with van der Waals surface area (Å²) in [6.07, 6.45) is 8.33. The predicted octanol–water partition coefficient (Wildman–Crippen LogP) is 10.0. The molecule has 7 heteroatoms. The van der Waals surface area contributed by atoms with E-state index in [0.717, 1.165) is 56.1 Å². The monoisotopic (exact) mass is 882 g/mol. The second kappa shape index (κ2) is 12.3. The van der Waals surface area contributed by atoms with Crippen molar-refractivity contribution in [1.29, 1.82) is 0 Å². The molecule has 0 saturated heterocycles. The number of benzene rings is 4. The number of hydrogen-bond donors (Lipinski definition) is 0. The van der Waals surface area contributed by atoms with Crippen molar-refractivity contribution in [2.45, 2.75) is 45.4 Å². The van der Waals surface area contributed by atoms with Crippen molar-refractivity contribution in [3.05, 3.63) is 180 Å². The summed E-state index contributed by atoms with van der Waals surface area (Å²) in [6.45, 7) is 13.1. The molecule has 0 atom stereocenters. The molecule has 4 aromatic heterocycles. The molecule has 8 aromatic rings. The van der Waals surface area contributed by atoms with Crippen molar-refractivity contribution in [2.24, 2.45) is 0 Å². The SMILES string of the molecule is Cc1nc2c(N3C=CN(C)[CH-]3)[c-]c(C3(c4[c-]c5c(cc4)c4ccccc4n5-c4cc(C(C)(C)C)ccn4)c4ccccc4-c4ccccc43)cn2c1C.[Pt]. The van der Waals surface area contributed by atoms with Gasteiger partial charge in [-0.3, -0.25) is 4.98 Å². The number of hydrogen-bond acceptors (Lipinski definition) is 4. The summed E-state index contributed by atoms with van der Waals surface area (Å²) in [7, 11) is 2.04. The molecule has 0 amide bonds. The Kier molecular flexibility index (Phi) is 7.81. The van der Waals surface area contributed by atoms with Gasteiger partial charge < -0.3 is 18.8 Å². The molecule has 0 unspecified atom stereocenters. The molecule has 5 heterocycles. The summed E-state index contributed by atoms with van der Waals surface area (Å²) in [5, 5.41) is 2.32. The first-order valence-electron chi connectivity index (χ1n) is 18.2. The Bertz CT molecular complexity index is 2770. The van der Waals surface area contributed by atoms with Gasteiger partial charge in [-0.2, -0.15) is 30.9 Å². The van der Waals surface area contributed by atoms with E-state index >= 15 is 0 Å². The van der Waals surface area contributed by atoms with Crippen LogP contribution in [0.15, 0.2) is 122 Å². The smallest absolute Gasteiger partial charge is 0.135 e. The number of nitrogens with zero attached hydrogens (tertiary/aromatic N) is 6. The van der Waals surface area contributed by atoms with Crippen LogP contribution >= 0.6 is 0 Å². The normalized spacial score (nSPS) is 14.6. The fourth-order valence-corrected chi connectivity index (χ4v) is 8.57. The zero-order chi connectivity index (χ0) is 36.2. The molecule has 0 N–H and O–H groups in total. The van der Waals surface area contributed by atoms with E-state index in [0.29, 0.717) is 0 Å². The van der Waals surface area contributed by atoms with Gasteiger partial charge >= 0.3 is 0 Å². The molecule has 2 aliphatic rings. The molecule has 0 spiro atoms. The van der Waals surface area contributed by atoms with E-state index in [1.165, 1.54) is 33.2 Å². The van der Waals surface area contributed by atoms with Crippen LogP contribution in [0.3, 0.4) is 0 Å². The van der Waals surface area contributed by atoms with E-state index in [9.17, 15) is 0 Å². The number of fused-ring (bicyclic) bond motifs is 7. The molecule has 10 rings (SSSR count). The molecule has 0 saturated carbocycles. The Balaban J connectivity index is 0.00000384. The van der Waals surface area contributed by atoms with Crippen molar-refractivity contribution in [2.75, 3.05) is 11.9 Å². The van der Waals surface area contributed by atoms with Crippen LogP contribution in [0.5, 0.6) is 0 Å². The number of imidazole rings is 1. The maximum absolute atomic E-state index is 5.07. The minimum absolute atomic E-state index is 0. The van der Waals surface area contributed by atoms with Crippen molar-refractivity contribution in [3.63, 3.8) is 0 Å². The average molecular weight is 883 g/mol. The molecule has 270 valence electrons. The number of aryl methyl sites for hydroxylation is 2. The van der Waals surface area contributed by atoms with Crippen LogP contribution < -0.4 is 4.90 Å². The topological polar surface area (TPSA) is 41.6 Å². The van der Waals surface area contributed by atoms with E-state index in [2.05, 4.69) is 188 Å². The molecular weight excluding hydrogens is 844 g/mol. The van der Waals surface area contributed by atoms with Gasteiger partial charge in [0.05, 0.1) is 0 Å². The first-order valence-corrected chi connectivity index (χ1v) is 18.2. The second-order valence-corrected chi connectivity index (χ2v) is 15.5. The van der Waals surface area contributed by atoms with Crippen molar-refractivity contribution < 1.29 is 21.1 Å². The first kappa shape index (κ1) is 34.3. The van der Waals surface area contributed by atoms with Gasteiger partial charge in [-0.05, 0) is 90.1 Å². The summed E-state index contributed by atoms with van der Waals surface area (Å²) >= 11 is 0. The Labute approximate surface area is 330 Å². The Morgan fingerprint density at radius 1 is 0.759 bits per heavy atom. The van der Waals surface area contributed by atoms with Crippen LogP contribution in [0.2, 0.25) is 0 Å². The summed E-state index contributed by atoms with van der Waals surface area (Å²) in [6, 6.07) is 43.4. The van der Waals surface area contributed by atoms with E-state index in [4.69, 9.17) is 9.97 Å². The quantitative estimate of drug-likeness (QED) is 0.165. The van der Waals surface area contributed by atoms with Gasteiger partial charge in [0, 0.05) is 55.2 Å². The number of para-hydroxylation sites is 1. The summed E-state index contributed by atoms with van der Waals surface area (Å²) in [5.74, 6) is 0.888. The van der Waals surface area contributed by atoms with E-state index in [1.54, 1.807) is 0 Å². The third-order valence-electron chi connectivity index (χ3n) is 11.3. The second-order valence-electron chi connectivity index (χ2n) is 15.5. The van der Waals surface area contributed by atoms with Crippen LogP contribution in [0.4, 0.5) is 5.69 Å². The van der Waals surface area contributed by atoms with Gasteiger partial charge in [-0.1, -0.05) is 105 Å². The first-order chi connectivity index (χ1) is 25.6. The molecule has 0 radical (unpaired) electrons. The summed E-state index contributed by atoms with van der Waals surface area (Å²) in [5.41, 5.74) is 13.4. The summed E-state index contributed by atoms with van der Waals surface area (Å²) < 4.78 is 4.55. The predicted molar refractivity (Wildman–Crippen MR) is 214 cm³/mol. The van der Waals surface area contributed by atoms with E-state index in [1.807, 2.05) is 13.2 Å². The van der Waals surface area contributed by atoms with Crippen molar-refractivity contribution >= 4 is 33.1 Å². The number of rotatable bonds is 4. The molecule has 4 aromatic carbocycles. The van der Waals surface area contributed by atoms with Crippen molar-refractivity contribution in [3.8, 4) is 16.9 Å². The largest absolute Gasteiger partial charge is 0.510 e. The molecule has 54 heavy (non-hydrogen) atoms. The van der Waals surface area contributed by atoms with E-state index < -0.39 is 5.41 Å². The third kappa shape index (κ3) is 4.82. The molecule has 0 bridgehead atoms. The molecule has 0 fully saturated rings. The summed E-state index contributed by atoms with van der Waals surface area (Å²) in [4.78, 5) is 14.2. The molecule has 1 aliphatic heterocycles. The van der Waals surface area contributed by atoms with Gasteiger partial charge in [0.2, 0.25) is 0 Å². The molecule has 6 nitrogen and oxygen atoms in total. The average Bonchev–Trinajstić information content (AvgIpc) is 3.91. The fraction of sp³-hybridized carbons (Fsp3) is 0.170. The maximum Gasteiger partial charge on any atom is 0.135 e. The number of anilines is 1. The number of pyridine rings is 2. The van der Waals surface area contributed by atoms with Crippen LogP contribution in [-0.2, 0) is 31.9 Å². The van der Waals surface area contributed by atoms with Gasteiger partial charge in [0.25, 0.3) is 0 Å². The minimum Gasteiger partial charge on any atom is -0.510 e. The zero-order valence-corrected chi connectivity index (χ0v) is 33.4. The van der Waals surface area contributed by atoms with Gasteiger partial charge in [0.1, 0.15) is 5.82 Å². The van der Waals surface area contributed by atoms with Gasteiger partial charge in [0.15, 0.2) is 0 Å². The van der Waals surface area contributed by atoms with Crippen LogP contribution in [0.25, 0.3) is 44.4 Å². The van der Waals surface area contributed by atoms with Gasteiger partial charge in [-0.25, -0.2) is 4.98 Å². The maximum atomic E-state index is 5.07. The van der Waals surface area contributed by atoms with Crippen LogP contribution in [0, 0.1) is 32.6 Å². The van der Waals surface area contributed by atoms with Crippen LogP contribution in [0.1, 0.15) is 60.0 Å². The van der Waals surface area contributed by atoms with Crippen molar-refractivity contribution in [1.82, 2.24) is 23.8 Å². The molecular formula is C47H39N6Pt-3. The zero-order valence-electron chi connectivity index (χ0n) is 31.1. The molecule has 1 aliphatic carbocycles. The third-order valence-corrected chi connectivity index (χ3v) is 11.3. The Hall–Kier alpha value is -5.45. The number of aromatic nitrogens is 4. The standard InChI is InChI=1S/C47H39N6.Pt/c1-30-31(2)52-28-34(26-43(45(52)49-30)51-24-23-50(6)29-51)47(39-16-10-7-13-35(39)36-14-8-11-17-40(36)47)33-19-20-38-37-15-9-12-18-41(37)53(42(38)25-33)44-27-32(21-22-48-44)46(3,4)5;/h7-24,27-29H,1-6H3;/q-3;. The Morgan fingerprint density at radius 2 is 1.46 bits per heavy atom. The van der Waals surface area contributed by atoms with Crippen LogP contribution in [-0.4, -0.2) is 30.9 Å².